The first kappa shape index (κ1) is 18.5. The lowest BCUT2D eigenvalue weighted by atomic mass is 10.1. The van der Waals surface area contributed by atoms with Gasteiger partial charge in [-0.2, -0.15) is 8.78 Å². The summed E-state index contributed by atoms with van der Waals surface area (Å²) in [5.41, 5.74) is 1.16. The number of hydrogen-bond acceptors (Lipinski definition) is 3. The van der Waals surface area contributed by atoms with E-state index in [0.717, 1.165) is 0 Å². The highest BCUT2D eigenvalue weighted by atomic mass is 19.3. The summed E-state index contributed by atoms with van der Waals surface area (Å²) in [5.74, 6) is -4.40. The molecule has 0 fully saturated rings. The van der Waals surface area contributed by atoms with Gasteiger partial charge in [-0.25, -0.2) is 18.4 Å². The van der Waals surface area contributed by atoms with E-state index in [4.69, 9.17) is 5.11 Å². The third-order valence-electron chi connectivity index (χ3n) is 2.59. The van der Waals surface area contributed by atoms with Gasteiger partial charge < -0.3 is 20.5 Å². The molecule has 0 aliphatic heterocycles. The molecule has 1 rings (SSSR count). The van der Waals surface area contributed by atoms with Crippen LogP contribution in [0, 0.1) is 0 Å². The first-order valence-corrected chi connectivity index (χ1v) is 6.32. The standard InChI is InChI=1S/C13H14F4N2O4/c14-10(15)13(16,17)7-23-12(22)19-6-9-3-1-2-8(4-9)5-18-11(20)21/h1-4,10,18H,5-7H2,(H,19,22)(H,20,21). The van der Waals surface area contributed by atoms with Crippen molar-refractivity contribution in [2.24, 2.45) is 0 Å². The van der Waals surface area contributed by atoms with Crippen LogP contribution in [0.3, 0.4) is 0 Å². The van der Waals surface area contributed by atoms with E-state index in [2.05, 4.69) is 15.4 Å². The number of amides is 2. The number of hydrogen-bond donors (Lipinski definition) is 3. The van der Waals surface area contributed by atoms with Crippen LogP contribution in [0.5, 0.6) is 0 Å². The van der Waals surface area contributed by atoms with E-state index in [1.807, 2.05) is 0 Å². The average Bonchev–Trinajstić information content (AvgIpc) is 2.49. The molecule has 0 spiro atoms. The van der Waals surface area contributed by atoms with Gasteiger partial charge in [0, 0.05) is 13.1 Å². The largest absolute Gasteiger partial charge is 0.465 e. The number of carbonyl (C=O) groups is 2. The third kappa shape index (κ3) is 6.85. The topological polar surface area (TPSA) is 87.7 Å². The van der Waals surface area contributed by atoms with Gasteiger partial charge in [-0.05, 0) is 11.1 Å². The SMILES string of the molecule is O=C(O)NCc1cccc(CNC(=O)OCC(F)(F)C(F)F)c1. The maximum atomic E-state index is 12.6. The predicted molar refractivity (Wildman–Crippen MR) is 70.4 cm³/mol. The summed E-state index contributed by atoms with van der Waals surface area (Å²) in [7, 11) is 0. The molecule has 0 bridgehead atoms. The van der Waals surface area contributed by atoms with Crippen molar-refractivity contribution in [3.05, 3.63) is 35.4 Å². The summed E-state index contributed by atoms with van der Waals surface area (Å²) in [6.45, 7) is -1.77. The summed E-state index contributed by atoms with van der Waals surface area (Å²) >= 11 is 0. The highest BCUT2D eigenvalue weighted by Crippen LogP contribution is 2.22. The van der Waals surface area contributed by atoms with Crippen molar-refractivity contribution >= 4 is 12.2 Å². The molecule has 10 heteroatoms. The number of ether oxygens (including phenoxy) is 1. The Hall–Kier alpha value is -2.52. The minimum absolute atomic E-state index is 0.0498. The minimum atomic E-state index is -4.40. The van der Waals surface area contributed by atoms with E-state index < -0.39 is 31.1 Å². The summed E-state index contributed by atoms with van der Waals surface area (Å²) in [6.07, 6.45) is -6.38. The number of carboxylic acid groups (broad SMARTS) is 1. The first-order valence-electron chi connectivity index (χ1n) is 6.32. The van der Waals surface area contributed by atoms with Crippen LogP contribution in [-0.2, 0) is 17.8 Å². The zero-order valence-corrected chi connectivity index (χ0v) is 11.7. The first-order chi connectivity index (χ1) is 10.7. The fourth-order valence-electron chi connectivity index (χ4n) is 1.48. The lowest BCUT2D eigenvalue weighted by molar-refractivity contribution is -0.153. The van der Waals surface area contributed by atoms with Crippen molar-refractivity contribution in [3.63, 3.8) is 0 Å². The number of alkyl halides is 4. The Balaban J connectivity index is 2.44. The summed E-state index contributed by atoms with van der Waals surface area (Å²) < 4.78 is 52.9. The smallest absolute Gasteiger partial charge is 0.407 e. The molecule has 23 heavy (non-hydrogen) atoms. The van der Waals surface area contributed by atoms with Gasteiger partial charge >= 0.3 is 24.5 Å². The van der Waals surface area contributed by atoms with E-state index in [0.29, 0.717) is 11.1 Å². The Morgan fingerprint density at radius 3 is 2.26 bits per heavy atom. The molecule has 0 saturated carbocycles. The molecule has 2 amide bonds. The molecule has 0 atom stereocenters. The number of halogens is 4. The van der Waals surface area contributed by atoms with Crippen molar-refractivity contribution in [1.82, 2.24) is 10.6 Å². The Kier molecular flexibility index (Phi) is 6.61. The minimum Gasteiger partial charge on any atom is -0.465 e. The van der Waals surface area contributed by atoms with E-state index >= 15 is 0 Å². The van der Waals surface area contributed by atoms with Crippen molar-refractivity contribution < 1.29 is 37.0 Å². The van der Waals surface area contributed by atoms with Crippen LogP contribution in [0.15, 0.2) is 24.3 Å². The van der Waals surface area contributed by atoms with E-state index in [-0.39, 0.29) is 13.1 Å². The lowest BCUT2D eigenvalue weighted by Crippen LogP contribution is -2.36. The van der Waals surface area contributed by atoms with Crippen LogP contribution in [0.1, 0.15) is 11.1 Å². The highest BCUT2D eigenvalue weighted by Gasteiger charge is 2.42. The number of carbonyl (C=O) groups excluding carboxylic acids is 1. The molecule has 1 aromatic rings. The maximum absolute atomic E-state index is 12.6. The van der Waals surface area contributed by atoms with Crippen LogP contribution in [0.2, 0.25) is 0 Å². The molecule has 0 aromatic heterocycles. The van der Waals surface area contributed by atoms with Crippen LogP contribution in [-0.4, -0.2) is 36.2 Å². The van der Waals surface area contributed by atoms with Crippen LogP contribution >= 0.6 is 0 Å². The average molecular weight is 338 g/mol. The van der Waals surface area contributed by atoms with E-state index in [9.17, 15) is 27.2 Å². The fourth-order valence-corrected chi connectivity index (χ4v) is 1.48. The molecular weight excluding hydrogens is 324 g/mol. The second kappa shape index (κ2) is 8.20. The summed E-state index contributed by atoms with van der Waals surface area (Å²) in [5, 5.41) is 12.8. The molecule has 0 saturated heterocycles. The molecule has 0 aliphatic rings. The monoisotopic (exact) mass is 338 g/mol. The van der Waals surface area contributed by atoms with Crippen LogP contribution in [0.25, 0.3) is 0 Å². The second-order valence-electron chi connectivity index (χ2n) is 4.47. The van der Waals surface area contributed by atoms with Gasteiger partial charge in [0.25, 0.3) is 0 Å². The summed E-state index contributed by atoms with van der Waals surface area (Å²) in [6, 6.07) is 6.41. The maximum Gasteiger partial charge on any atom is 0.407 e. The second-order valence-corrected chi connectivity index (χ2v) is 4.47. The molecule has 128 valence electrons. The quantitative estimate of drug-likeness (QED) is 0.667. The predicted octanol–water partition coefficient (Wildman–Crippen LogP) is 2.58. The molecule has 3 N–H and O–H groups in total. The fraction of sp³-hybridized carbons (Fsp3) is 0.385. The molecule has 0 aliphatic carbocycles. The normalized spacial score (nSPS) is 11.2. The Morgan fingerprint density at radius 2 is 1.74 bits per heavy atom. The van der Waals surface area contributed by atoms with Gasteiger partial charge in [-0.3, -0.25) is 0 Å². The Morgan fingerprint density at radius 1 is 1.17 bits per heavy atom. The van der Waals surface area contributed by atoms with Gasteiger partial charge in [0.05, 0.1) is 0 Å². The van der Waals surface area contributed by atoms with E-state index in [1.54, 1.807) is 24.3 Å². The van der Waals surface area contributed by atoms with Gasteiger partial charge in [-0.1, -0.05) is 24.3 Å². The lowest BCUT2D eigenvalue weighted by Gasteiger charge is -2.15. The Labute approximate surface area is 128 Å². The summed E-state index contributed by atoms with van der Waals surface area (Å²) in [4.78, 5) is 21.6. The zero-order chi connectivity index (χ0) is 17.5. The highest BCUT2D eigenvalue weighted by molar-refractivity contribution is 5.67. The molecule has 6 nitrogen and oxygen atoms in total. The van der Waals surface area contributed by atoms with Crippen molar-refractivity contribution in [3.8, 4) is 0 Å². The number of alkyl carbamates (subject to hydrolysis) is 1. The van der Waals surface area contributed by atoms with Crippen molar-refractivity contribution in [1.29, 1.82) is 0 Å². The van der Waals surface area contributed by atoms with Gasteiger partial charge in [0.2, 0.25) is 0 Å². The van der Waals surface area contributed by atoms with Gasteiger partial charge in [-0.15, -0.1) is 0 Å². The van der Waals surface area contributed by atoms with Gasteiger partial charge in [0.15, 0.2) is 6.61 Å². The molecular formula is C13H14F4N2O4. The van der Waals surface area contributed by atoms with Crippen molar-refractivity contribution in [2.75, 3.05) is 6.61 Å². The number of nitrogens with one attached hydrogen (secondary N) is 2. The molecule has 0 heterocycles. The van der Waals surface area contributed by atoms with Gasteiger partial charge in [0.1, 0.15) is 0 Å². The molecule has 1 aromatic carbocycles. The molecule has 0 radical (unpaired) electrons. The molecule has 0 unspecified atom stereocenters. The number of rotatable bonds is 7. The zero-order valence-electron chi connectivity index (χ0n) is 11.7. The Bertz CT molecular complexity index is 555. The third-order valence-corrected chi connectivity index (χ3v) is 2.59. The van der Waals surface area contributed by atoms with Crippen molar-refractivity contribution in [2.45, 2.75) is 25.4 Å². The van der Waals surface area contributed by atoms with Crippen LogP contribution < -0.4 is 10.6 Å². The number of benzene rings is 1. The van der Waals surface area contributed by atoms with E-state index in [1.165, 1.54) is 0 Å². The van der Waals surface area contributed by atoms with Crippen LogP contribution in [0.4, 0.5) is 27.2 Å².